The lowest BCUT2D eigenvalue weighted by Gasteiger charge is -2.17. The molecule has 0 bridgehead atoms. The first-order valence-electron chi connectivity index (χ1n) is 7.65. The Balaban J connectivity index is 1.99. The fraction of sp³-hybridized carbons (Fsp3) is 0.471. The van der Waals surface area contributed by atoms with Crippen molar-refractivity contribution in [3.63, 3.8) is 0 Å². The van der Waals surface area contributed by atoms with Crippen LogP contribution >= 0.6 is 0 Å². The largest absolute Gasteiger partial charge is 0.392 e. The van der Waals surface area contributed by atoms with E-state index in [0.29, 0.717) is 11.5 Å². The van der Waals surface area contributed by atoms with Crippen LogP contribution in [-0.2, 0) is 12.8 Å². The van der Waals surface area contributed by atoms with Gasteiger partial charge in [0, 0.05) is 17.6 Å². The summed E-state index contributed by atoms with van der Waals surface area (Å²) in [5.74, 6) is 0.567. The summed E-state index contributed by atoms with van der Waals surface area (Å²) in [7, 11) is 0. The molecule has 4 heteroatoms. The summed E-state index contributed by atoms with van der Waals surface area (Å²) in [5.41, 5.74) is 4.24. The Labute approximate surface area is 124 Å². The van der Waals surface area contributed by atoms with Gasteiger partial charge in [-0.25, -0.2) is 0 Å². The first-order chi connectivity index (χ1) is 10.1. The maximum absolute atomic E-state index is 12.3. The lowest BCUT2D eigenvalue weighted by Crippen LogP contribution is -2.30. The molecule has 2 unspecified atom stereocenters. The van der Waals surface area contributed by atoms with E-state index < -0.39 is 6.10 Å². The first kappa shape index (κ1) is 14.1. The Hall–Kier alpha value is -1.81. The summed E-state index contributed by atoms with van der Waals surface area (Å²) < 4.78 is 0. The zero-order chi connectivity index (χ0) is 15.0. The molecule has 112 valence electrons. The van der Waals surface area contributed by atoms with Crippen molar-refractivity contribution in [2.24, 2.45) is 5.92 Å². The van der Waals surface area contributed by atoms with Crippen molar-refractivity contribution in [2.45, 2.75) is 39.2 Å². The molecule has 1 aromatic heterocycles. The number of aromatic amines is 1. The molecule has 3 rings (SSSR count). The van der Waals surface area contributed by atoms with Gasteiger partial charge in [0.15, 0.2) is 0 Å². The van der Waals surface area contributed by atoms with Crippen LogP contribution in [0.3, 0.4) is 0 Å². The van der Waals surface area contributed by atoms with Gasteiger partial charge in [0.05, 0.1) is 17.2 Å². The molecular formula is C17H22N2O2. The molecule has 1 aromatic carbocycles. The number of H-pyrrole nitrogens is 1. The van der Waals surface area contributed by atoms with E-state index in [1.807, 2.05) is 12.1 Å². The van der Waals surface area contributed by atoms with Crippen molar-refractivity contribution in [1.82, 2.24) is 10.3 Å². The zero-order valence-corrected chi connectivity index (χ0v) is 12.6. The minimum Gasteiger partial charge on any atom is -0.392 e. The Morgan fingerprint density at radius 3 is 3.10 bits per heavy atom. The molecule has 1 heterocycles. The number of benzene rings is 1. The van der Waals surface area contributed by atoms with Crippen molar-refractivity contribution in [3.05, 3.63) is 35.0 Å². The van der Waals surface area contributed by atoms with Crippen molar-refractivity contribution < 1.29 is 9.90 Å². The van der Waals surface area contributed by atoms with Gasteiger partial charge < -0.3 is 15.4 Å². The fourth-order valence-electron chi connectivity index (χ4n) is 3.14. The zero-order valence-electron chi connectivity index (χ0n) is 12.6. The number of carbonyl (C=O) groups is 1. The summed E-state index contributed by atoms with van der Waals surface area (Å²) >= 11 is 0. The van der Waals surface area contributed by atoms with E-state index >= 15 is 0 Å². The normalized spacial score (nSPS) is 19.3. The van der Waals surface area contributed by atoms with Crippen LogP contribution in [0.5, 0.6) is 0 Å². The number of aryl methyl sites for hydroxylation is 1. The van der Waals surface area contributed by atoms with Crippen LogP contribution in [0.15, 0.2) is 18.2 Å². The number of rotatable bonds is 3. The molecule has 0 saturated heterocycles. The average Bonchev–Trinajstić information content (AvgIpc) is 2.82. The predicted molar refractivity (Wildman–Crippen MR) is 83.5 cm³/mol. The number of amides is 1. The molecule has 1 aliphatic carbocycles. The maximum atomic E-state index is 12.3. The number of fused-ring (bicyclic) bond motifs is 3. The highest BCUT2D eigenvalue weighted by Crippen LogP contribution is 2.32. The quantitative estimate of drug-likeness (QED) is 0.811. The maximum Gasteiger partial charge on any atom is 0.253 e. The van der Waals surface area contributed by atoms with Gasteiger partial charge in [-0.05, 0) is 43.7 Å². The van der Waals surface area contributed by atoms with Crippen molar-refractivity contribution in [1.29, 1.82) is 0 Å². The van der Waals surface area contributed by atoms with Crippen LogP contribution in [0.1, 0.15) is 41.9 Å². The van der Waals surface area contributed by atoms with E-state index in [4.69, 9.17) is 0 Å². The Kier molecular flexibility index (Phi) is 3.72. The van der Waals surface area contributed by atoms with Gasteiger partial charge in [-0.3, -0.25) is 4.79 Å². The SMILES string of the molecule is CC(O)CNC(=O)c1cccc2c3c([nH]c12)CCC(C)C3. The smallest absolute Gasteiger partial charge is 0.253 e. The molecule has 4 nitrogen and oxygen atoms in total. The molecule has 0 fully saturated rings. The molecule has 3 N–H and O–H groups in total. The summed E-state index contributed by atoms with van der Waals surface area (Å²) in [4.78, 5) is 15.7. The number of hydrogen-bond acceptors (Lipinski definition) is 2. The van der Waals surface area contributed by atoms with Gasteiger partial charge in [0.2, 0.25) is 0 Å². The highest BCUT2D eigenvalue weighted by atomic mass is 16.3. The first-order valence-corrected chi connectivity index (χ1v) is 7.65. The standard InChI is InChI=1S/C17H22N2O2/c1-10-6-7-15-14(8-10)12-4-3-5-13(16(12)19-15)17(21)18-9-11(2)20/h3-5,10-11,19-20H,6-9H2,1-2H3,(H,18,21). The van der Waals surface area contributed by atoms with E-state index in [1.54, 1.807) is 6.92 Å². The second-order valence-electron chi connectivity index (χ2n) is 6.22. The minimum atomic E-state index is -0.536. The molecule has 2 aromatic rings. The Morgan fingerprint density at radius 1 is 1.52 bits per heavy atom. The average molecular weight is 286 g/mol. The molecule has 2 atom stereocenters. The van der Waals surface area contributed by atoms with E-state index in [9.17, 15) is 9.90 Å². The van der Waals surface area contributed by atoms with Gasteiger partial charge in [-0.2, -0.15) is 0 Å². The Morgan fingerprint density at radius 2 is 2.33 bits per heavy atom. The molecule has 1 amide bonds. The predicted octanol–water partition coefficient (Wildman–Crippen LogP) is 2.40. The molecule has 1 aliphatic rings. The molecule has 0 spiro atoms. The van der Waals surface area contributed by atoms with Crippen LogP contribution in [0.2, 0.25) is 0 Å². The van der Waals surface area contributed by atoms with E-state index in [0.717, 1.165) is 18.4 Å². The van der Waals surface area contributed by atoms with Crippen LogP contribution < -0.4 is 5.32 Å². The third-order valence-electron chi connectivity index (χ3n) is 4.27. The van der Waals surface area contributed by atoms with Gasteiger partial charge in [0.1, 0.15) is 0 Å². The summed E-state index contributed by atoms with van der Waals surface area (Å²) in [5, 5.41) is 13.2. The number of carbonyl (C=O) groups excluding carboxylic acids is 1. The number of para-hydroxylation sites is 1. The monoisotopic (exact) mass is 286 g/mol. The van der Waals surface area contributed by atoms with E-state index in [2.05, 4.69) is 23.3 Å². The Bertz CT molecular complexity index is 673. The van der Waals surface area contributed by atoms with Crippen molar-refractivity contribution >= 4 is 16.8 Å². The van der Waals surface area contributed by atoms with E-state index in [1.165, 1.54) is 23.1 Å². The molecule has 0 aliphatic heterocycles. The molecular weight excluding hydrogens is 264 g/mol. The second-order valence-corrected chi connectivity index (χ2v) is 6.22. The van der Waals surface area contributed by atoms with Crippen molar-refractivity contribution in [2.75, 3.05) is 6.54 Å². The van der Waals surface area contributed by atoms with Gasteiger partial charge >= 0.3 is 0 Å². The molecule has 21 heavy (non-hydrogen) atoms. The second kappa shape index (κ2) is 5.53. The fourth-order valence-corrected chi connectivity index (χ4v) is 3.14. The summed E-state index contributed by atoms with van der Waals surface area (Å²) in [6.45, 7) is 4.21. The number of aliphatic hydroxyl groups is 1. The third-order valence-corrected chi connectivity index (χ3v) is 4.27. The highest BCUT2D eigenvalue weighted by molar-refractivity contribution is 6.06. The van der Waals surface area contributed by atoms with Gasteiger partial charge in [-0.1, -0.05) is 19.1 Å². The molecule has 0 saturated carbocycles. The van der Waals surface area contributed by atoms with Gasteiger partial charge in [-0.15, -0.1) is 0 Å². The van der Waals surface area contributed by atoms with E-state index in [-0.39, 0.29) is 12.5 Å². The van der Waals surface area contributed by atoms with Crippen LogP contribution in [0.4, 0.5) is 0 Å². The summed E-state index contributed by atoms with van der Waals surface area (Å²) in [6.07, 6.45) is 2.79. The minimum absolute atomic E-state index is 0.131. The topological polar surface area (TPSA) is 65.1 Å². The number of nitrogens with one attached hydrogen (secondary N) is 2. The van der Waals surface area contributed by atoms with Crippen LogP contribution in [0.25, 0.3) is 10.9 Å². The molecule has 0 radical (unpaired) electrons. The number of aromatic nitrogens is 1. The summed E-state index contributed by atoms with van der Waals surface area (Å²) in [6, 6.07) is 5.87. The lowest BCUT2D eigenvalue weighted by molar-refractivity contribution is 0.0925. The van der Waals surface area contributed by atoms with Gasteiger partial charge in [0.25, 0.3) is 5.91 Å². The highest BCUT2D eigenvalue weighted by Gasteiger charge is 2.22. The lowest BCUT2D eigenvalue weighted by atomic mass is 9.87. The van der Waals surface area contributed by atoms with Crippen LogP contribution in [0, 0.1) is 5.92 Å². The third kappa shape index (κ3) is 2.68. The number of hydrogen-bond donors (Lipinski definition) is 3. The number of aliphatic hydroxyl groups excluding tert-OH is 1. The van der Waals surface area contributed by atoms with Crippen molar-refractivity contribution in [3.8, 4) is 0 Å². The van der Waals surface area contributed by atoms with Crippen LogP contribution in [-0.4, -0.2) is 28.6 Å².